The van der Waals surface area contributed by atoms with E-state index < -0.39 is 17.2 Å². The van der Waals surface area contributed by atoms with Crippen LogP contribution < -0.4 is 16.6 Å². The monoisotopic (exact) mass is 426 g/mol. The van der Waals surface area contributed by atoms with Crippen molar-refractivity contribution >= 4 is 17.5 Å². The molecule has 0 aliphatic heterocycles. The SMILES string of the molecule is Cc1ccc(Cn2c(=O)c(C(=O)NCC(C)C)nn(-c3ccc(Cl)cc3)c2=O)cc1. The minimum atomic E-state index is -0.730. The summed E-state index contributed by atoms with van der Waals surface area (Å²) in [7, 11) is 0. The lowest BCUT2D eigenvalue weighted by molar-refractivity contribution is 0.0939. The fourth-order valence-electron chi connectivity index (χ4n) is 2.80. The Hall–Kier alpha value is -3.19. The van der Waals surface area contributed by atoms with Crippen molar-refractivity contribution in [2.75, 3.05) is 6.54 Å². The number of carbonyl (C=O) groups is 1. The molecule has 1 N–H and O–H groups in total. The summed E-state index contributed by atoms with van der Waals surface area (Å²) in [6.07, 6.45) is 0. The first kappa shape index (κ1) is 21.5. The third-order valence-electron chi connectivity index (χ3n) is 4.48. The number of amides is 1. The highest BCUT2D eigenvalue weighted by atomic mass is 35.5. The van der Waals surface area contributed by atoms with E-state index in [1.54, 1.807) is 24.3 Å². The number of hydrogen-bond acceptors (Lipinski definition) is 4. The van der Waals surface area contributed by atoms with Crippen molar-refractivity contribution in [1.82, 2.24) is 19.7 Å². The highest BCUT2D eigenvalue weighted by Crippen LogP contribution is 2.11. The molecule has 1 aromatic heterocycles. The van der Waals surface area contributed by atoms with E-state index in [1.807, 2.05) is 45.0 Å². The van der Waals surface area contributed by atoms with Gasteiger partial charge in [-0.2, -0.15) is 9.78 Å². The van der Waals surface area contributed by atoms with Gasteiger partial charge in [0.15, 0.2) is 0 Å². The molecule has 0 saturated heterocycles. The van der Waals surface area contributed by atoms with E-state index in [0.717, 1.165) is 20.4 Å². The normalized spacial score (nSPS) is 11.0. The van der Waals surface area contributed by atoms with E-state index in [-0.39, 0.29) is 18.2 Å². The van der Waals surface area contributed by atoms with Crippen LogP contribution in [0.1, 0.15) is 35.5 Å². The molecule has 2 aromatic carbocycles. The van der Waals surface area contributed by atoms with Gasteiger partial charge in [-0.3, -0.25) is 14.2 Å². The Morgan fingerprint density at radius 3 is 2.30 bits per heavy atom. The number of carbonyl (C=O) groups excluding carboxylic acids is 1. The molecule has 0 bridgehead atoms. The summed E-state index contributed by atoms with van der Waals surface area (Å²) in [5.74, 6) is -0.417. The van der Waals surface area contributed by atoms with E-state index in [1.165, 1.54) is 0 Å². The second kappa shape index (κ2) is 9.09. The predicted octanol–water partition coefficient (Wildman–Crippen LogP) is 2.79. The Bertz CT molecular complexity index is 1160. The van der Waals surface area contributed by atoms with Gasteiger partial charge in [0, 0.05) is 11.6 Å². The standard InChI is InChI=1S/C22H23ClN4O3/c1-14(2)12-24-20(28)19-21(29)26(13-16-6-4-15(3)5-7-16)22(30)27(25-19)18-10-8-17(23)9-11-18/h4-11,14H,12-13H2,1-3H3,(H,24,28). The van der Waals surface area contributed by atoms with Gasteiger partial charge in [0.05, 0.1) is 12.2 Å². The van der Waals surface area contributed by atoms with Crippen LogP contribution in [0.4, 0.5) is 0 Å². The number of aryl methyl sites for hydroxylation is 1. The van der Waals surface area contributed by atoms with Gasteiger partial charge < -0.3 is 5.32 Å². The Kier molecular flexibility index (Phi) is 6.52. The summed E-state index contributed by atoms with van der Waals surface area (Å²) in [4.78, 5) is 38.7. The largest absolute Gasteiger partial charge is 0.352 e. The predicted molar refractivity (Wildman–Crippen MR) is 117 cm³/mol. The Morgan fingerprint density at radius 1 is 1.07 bits per heavy atom. The molecule has 0 aliphatic carbocycles. The second-order valence-corrected chi connectivity index (χ2v) is 7.94. The molecule has 0 saturated carbocycles. The maximum Gasteiger partial charge on any atom is 0.352 e. The number of halogens is 1. The molecule has 1 amide bonds. The van der Waals surface area contributed by atoms with Crippen LogP contribution in [0.2, 0.25) is 5.02 Å². The molecule has 3 rings (SSSR count). The lowest BCUT2D eigenvalue weighted by Gasteiger charge is -2.13. The van der Waals surface area contributed by atoms with Gasteiger partial charge >= 0.3 is 5.69 Å². The van der Waals surface area contributed by atoms with Crippen LogP contribution >= 0.6 is 11.6 Å². The molecule has 0 radical (unpaired) electrons. The van der Waals surface area contributed by atoms with Gasteiger partial charge in [-0.05, 0) is 42.7 Å². The summed E-state index contributed by atoms with van der Waals surface area (Å²) < 4.78 is 2.08. The molecule has 0 aliphatic rings. The van der Waals surface area contributed by atoms with E-state index >= 15 is 0 Å². The molecule has 1 heterocycles. The summed E-state index contributed by atoms with van der Waals surface area (Å²) >= 11 is 5.94. The van der Waals surface area contributed by atoms with Crippen molar-refractivity contribution < 1.29 is 4.79 Å². The quantitative estimate of drug-likeness (QED) is 0.656. The zero-order valence-electron chi connectivity index (χ0n) is 17.1. The van der Waals surface area contributed by atoms with Gasteiger partial charge in [0.1, 0.15) is 0 Å². The molecule has 8 heteroatoms. The van der Waals surface area contributed by atoms with Gasteiger partial charge in [-0.25, -0.2) is 4.79 Å². The minimum absolute atomic E-state index is 0.0263. The Labute approximate surface area is 178 Å². The van der Waals surface area contributed by atoms with Crippen molar-refractivity contribution in [3.8, 4) is 5.69 Å². The smallest absolute Gasteiger partial charge is 0.350 e. The summed E-state index contributed by atoms with van der Waals surface area (Å²) in [6.45, 7) is 6.25. The average molecular weight is 427 g/mol. The van der Waals surface area contributed by atoms with Gasteiger partial charge in [0.25, 0.3) is 11.5 Å². The van der Waals surface area contributed by atoms with E-state index in [9.17, 15) is 14.4 Å². The van der Waals surface area contributed by atoms with Crippen molar-refractivity contribution in [3.05, 3.63) is 91.2 Å². The van der Waals surface area contributed by atoms with E-state index in [0.29, 0.717) is 17.3 Å². The zero-order valence-corrected chi connectivity index (χ0v) is 17.8. The summed E-state index contributed by atoms with van der Waals surface area (Å²) in [5, 5.41) is 7.27. The third-order valence-corrected chi connectivity index (χ3v) is 4.73. The van der Waals surface area contributed by atoms with Gasteiger partial charge in [-0.1, -0.05) is 55.3 Å². The number of aromatic nitrogens is 3. The highest BCUT2D eigenvalue weighted by molar-refractivity contribution is 6.30. The highest BCUT2D eigenvalue weighted by Gasteiger charge is 2.20. The lowest BCUT2D eigenvalue weighted by Crippen LogP contribution is -2.46. The Morgan fingerprint density at radius 2 is 1.70 bits per heavy atom. The van der Waals surface area contributed by atoms with Gasteiger partial charge in [0.2, 0.25) is 5.69 Å². The topological polar surface area (TPSA) is 86.0 Å². The maximum atomic E-state index is 13.1. The molecule has 0 fully saturated rings. The third kappa shape index (κ3) is 4.86. The second-order valence-electron chi connectivity index (χ2n) is 7.50. The van der Waals surface area contributed by atoms with Crippen LogP contribution in [-0.4, -0.2) is 26.8 Å². The first-order valence-corrected chi connectivity index (χ1v) is 9.98. The molecule has 7 nitrogen and oxygen atoms in total. The van der Waals surface area contributed by atoms with Gasteiger partial charge in [-0.15, -0.1) is 0 Å². The molecule has 0 unspecified atom stereocenters. The van der Waals surface area contributed by atoms with Crippen molar-refractivity contribution in [2.24, 2.45) is 5.92 Å². The number of nitrogens with one attached hydrogen (secondary N) is 1. The van der Waals surface area contributed by atoms with Crippen LogP contribution in [-0.2, 0) is 6.54 Å². The first-order chi connectivity index (χ1) is 14.3. The molecular weight excluding hydrogens is 404 g/mol. The molecule has 30 heavy (non-hydrogen) atoms. The molecule has 3 aromatic rings. The van der Waals surface area contributed by atoms with Crippen LogP contribution in [0.15, 0.2) is 58.1 Å². The van der Waals surface area contributed by atoms with Crippen LogP contribution in [0, 0.1) is 12.8 Å². The lowest BCUT2D eigenvalue weighted by atomic mass is 10.1. The average Bonchev–Trinajstić information content (AvgIpc) is 2.72. The van der Waals surface area contributed by atoms with E-state index in [4.69, 9.17) is 11.6 Å². The fourth-order valence-corrected chi connectivity index (χ4v) is 2.93. The maximum absolute atomic E-state index is 13.1. The summed E-state index contributed by atoms with van der Waals surface area (Å²) in [6, 6.07) is 13.9. The first-order valence-electron chi connectivity index (χ1n) is 9.60. The molecule has 156 valence electrons. The number of nitrogens with zero attached hydrogens (tertiary/aromatic N) is 3. The Balaban J connectivity index is 2.14. The number of hydrogen-bond donors (Lipinski definition) is 1. The van der Waals surface area contributed by atoms with Crippen LogP contribution in [0.5, 0.6) is 0 Å². The van der Waals surface area contributed by atoms with Crippen LogP contribution in [0.3, 0.4) is 0 Å². The minimum Gasteiger partial charge on any atom is -0.350 e. The van der Waals surface area contributed by atoms with Crippen molar-refractivity contribution in [2.45, 2.75) is 27.3 Å². The molecule has 0 spiro atoms. The summed E-state index contributed by atoms with van der Waals surface area (Å²) in [5.41, 5.74) is 0.531. The number of benzene rings is 2. The van der Waals surface area contributed by atoms with Crippen molar-refractivity contribution in [1.29, 1.82) is 0 Å². The molecule has 0 atom stereocenters. The van der Waals surface area contributed by atoms with Crippen molar-refractivity contribution in [3.63, 3.8) is 0 Å². The fraction of sp³-hybridized carbons (Fsp3) is 0.273. The number of rotatable bonds is 6. The van der Waals surface area contributed by atoms with Crippen LogP contribution in [0.25, 0.3) is 5.69 Å². The zero-order chi connectivity index (χ0) is 21.8. The van der Waals surface area contributed by atoms with E-state index in [2.05, 4.69) is 10.4 Å². The molecular formula is C22H23ClN4O3.